The van der Waals surface area contributed by atoms with E-state index in [9.17, 15) is 4.79 Å². The van der Waals surface area contributed by atoms with E-state index in [0.717, 1.165) is 28.3 Å². The summed E-state index contributed by atoms with van der Waals surface area (Å²) >= 11 is 0. The number of nitrogens with zero attached hydrogens (tertiary/aromatic N) is 1. The number of anilines is 2. The molecule has 0 fully saturated rings. The molecule has 0 spiro atoms. The van der Waals surface area contributed by atoms with Crippen LogP contribution in [0.2, 0.25) is 0 Å². The first kappa shape index (κ1) is 20.7. The fraction of sp³-hybridized carbons (Fsp3) is 0.167. The molecule has 2 N–H and O–H groups in total. The average Bonchev–Trinajstić information content (AvgIpc) is 2.79. The highest BCUT2D eigenvalue weighted by Crippen LogP contribution is 2.33. The number of nitrogens with one attached hydrogen (secondary N) is 2. The van der Waals surface area contributed by atoms with Gasteiger partial charge in [-0.2, -0.15) is 5.26 Å². The van der Waals surface area contributed by atoms with Crippen LogP contribution in [0.25, 0.3) is 11.1 Å². The van der Waals surface area contributed by atoms with Gasteiger partial charge in [-0.1, -0.05) is 12.1 Å². The highest BCUT2D eigenvalue weighted by molar-refractivity contribution is 5.96. The molecule has 0 heterocycles. The lowest BCUT2D eigenvalue weighted by atomic mass is 10.0. The third-order valence-corrected chi connectivity index (χ3v) is 4.66. The average molecular weight is 401 g/mol. The predicted octanol–water partition coefficient (Wildman–Crippen LogP) is 4.68. The second-order valence-electron chi connectivity index (χ2n) is 6.69. The summed E-state index contributed by atoms with van der Waals surface area (Å²) in [6.07, 6.45) is 0. The number of methoxy groups -OCH3 is 2. The van der Waals surface area contributed by atoms with E-state index >= 15 is 0 Å². The van der Waals surface area contributed by atoms with E-state index in [1.807, 2.05) is 42.5 Å². The molecule has 0 aliphatic carbocycles. The molecule has 6 nitrogen and oxygen atoms in total. The number of hydrogen-bond acceptors (Lipinski definition) is 5. The van der Waals surface area contributed by atoms with Crippen LogP contribution in [-0.4, -0.2) is 26.2 Å². The number of nitriles is 1. The normalized spacial score (nSPS) is 11.1. The minimum absolute atomic E-state index is 0.179. The van der Waals surface area contributed by atoms with Crippen LogP contribution in [0.15, 0.2) is 66.7 Å². The third kappa shape index (κ3) is 4.89. The largest absolute Gasteiger partial charge is 0.497 e. The fourth-order valence-corrected chi connectivity index (χ4v) is 2.99. The third-order valence-electron chi connectivity index (χ3n) is 4.66. The Morgan fingerprint density at radius 1 is 0.933 bits per heavy atom. The lowest BCUT2D eigenvalue weighted by Gasteiger charge is -2.17. The Balaban J connectivity index is 1.74. The number of amides is 1. The van der Waals surface area contributed by atoms with Crippen LogP contribution in [0.3, 0.4) is 0 Å². The van der Waals surface area contributed by atoms with E-state index in [1.54, 1.807) is 45.4 Å². The van der Waals surface area contributed by atoms with Gasteiger partial charge in [-0.3, -0.25) is 4.79 Å². The van der Waals surface area contributed by atoms with Gasteiger partial charge < -0.3 is 20.1 Å². The quantitative estimate of drug-likeness (QED) is 0.600. The summed E-state index contributed by atoms with van der Waals surface area (Å²) in [7, 11) is 3.26. The van der Waals surface area contributed by atoms with Crippen molar-refractivity contribution in [3.63, 3.8) is 0 Å². The zero-order valence-corrected chi connectivity index (χ0v) is 17.1. The highest BCUT2D eigenvalue weighted by Gasteiger charge is 2.15. The Morgan fingerprint density at radius 2 is 1.60 bits per heavy atom. The van der Waals surface area contributed by atoms with Crippen LogP contribution in [-0.2, 0) is 4.79 Å². The summed E-state index contributed by atoms with van der Waals surface area (Å²) < 4.78 is 10.7. The minimum atomic E-state index is -0.474. The molecule has 0 saturated carbocycles. The van der Waals surface area contributed by atoms with Crippen LogP contribution in [0.5, 0.6) is 11.5 Å². The summed E-state index contributed by atoms with van der Waals surface area (Å²) in [4.78, 5) is 12.5. The fourth-order valence-electron chi connectivity index (χ4n) is 2.99. The minimum Gasteiger partial charge on any atom is -0.497 e. The van der Waals surface area contributed by atoms with Crippen molar-refractivity contribution in [1.82, 2.24) is 0 Å². The van der Waals surface area contributed by atoms with E-state index in [1.165, 1.54) is 0 Å². The molecule has 0 aliphatic rings. The van der Waals surface area contributed by atoms with Gasteiger partial charge in [0.2, 0.25) is 5.91 Å². The number of carbonyl (C=O) groups is 1. The van der Waals surface area contributed by atoms with Crippen molar-refractivity contribution in [2.75, 3.05) is 24.9 Å². The van der Waals surface area contributed by atoms with Crippen molar-refractivity contribution in [2.45, 2.75) is 13.0 Å². The molecule has 30 heavy (non-hydrogen) atoms. The molecule has 3 aromatic rings. The van der Waals surface area contributed by atoms with Crippen LogP contribution < -0.4 is 20.1 Å². The molecule has 0 bridgehead atoms. The number of carbonyl (C=O) groups excluding carboxylic acids is 1. The lowest BCUT2D eigenvalue weighted by molar-refractivity contribution is -0.116. The van der Waals surface area contributed by atoms with Crippen molar-refractivity contribution >= 4 is 17.3 Å². The molecule has 6 heteroatoms. The van der Waals surface area contributed by atoms with Gasteiger partial charge in [0.25, 0.3) is 0 Å². The van der Waals surface area contributed by atoms with Gasteiger partial charge in [0, 0.05) is 16.9 Å². The second kappa shape index (κ2) is 9.48. The van der Waals surface area contributed by atoms with Crippen molar-refractivity contribution in [1.29, 1.82) is 5.26 Å². The standard InChI is InChI=1S/C24H23N3O3/c1-16(24(28)27-19-8-4-17(15-25)5-9-19)26-20-10-13-23(30-3)22(14-20)18-6-11-21(29-2)12-7-18/h4-14,16,26H,1-3H3,(H,27,28)/t16-/m0/s1. The molecule has 0 saturated heterocycles. The Morgan fingerprint density at radius 3 is 2.20 bits per heavy atom. The molecule has 0 radical (unpaired) electrons. The first-order valence-corrected chi connectivity index (χ1v) is 9.44. The van der Waals surface area contributed by atoms with Crippen LogP contribution in [0.1, 0.15) is 12.5 Å². The highest BCUT2D eigenvalue weighted by atomic mass is 16.5. The van der Waals surface area contributed by atoms with E-state index in [4.69, 9.17) is 14.7 Å². The number of rotatable bonds is 7. The van der Waals surface area contributed by atoms with Gasteiger partial charge in [0.15, 0.2) is 0 Å². The van der Waals surface area contributed by atoms with Gasteiger partial charge in [-0.15, -0.1) is 0 Å². The molecule has 3 rings (SSSR count). The topological polar surface area (TPSA) is 83.4 Å². The molecular weight excluding hydrogens is 378 g/mol. The van der Waals surface area contributed by atoms with Crippen LogP contribution in [0.4, 0.5) is 11.4 Å². The number of benzene rings is 3. The summed E-state index contributed by atoms with van der Waals surface area (Å²) in [6, 6.07) is 21.7. The monoisotopic (exact) mass is 401 g/mol. The van der Waals surface area contributed by atoms with E-state index < -0.39 is 6.04 Å². The zero-order chi connectivity index (χ0) is 21.5. The van der Waals surface area contributed by atoms with E-state index in [2.05, 4.69) is 16.7 Å². The molecule has 0 aliphatic heterocycles. The Kier molecular flexibility index (Phi) is 6.56. The lowest BCUT2D eigenvalue weighted by Crippen LogP contribution is -2.31. The van der Waals surface area contributed by atoms with Crippen LogP contribution in [0, 0.1) is 11.3 Å². The Hall–Kier alpha value is -3.98. The Bertz CT molecular complexity index is 1050. The van der Waals surface area contributed by atoms with Crippen molar-refractivity contribution < 1.29 is 14.3 Å². The molecule has 3 aromatic carbocycles. The second-order valence-corrected chi connectivity index (χ2v) is 6.69. The molecule has 1 amide bonds. The molecule has 152 valence electrons. The maximum absolute atomic E-state index is 12.5. The maximum atomic E-state index is 12.5. The van der Waals surface area contributed by atoms with Crippen molar-refractivity contribution in [3.8, 4) is 28.7 Å². The molecule has 0 aromatic heterocycles. The van der Waals surface area contributed by atoms with Gasteiger partial charge >= 0.3 is 0 Å². The first-order valence-electron chi connectivity index (χ1n) is 9.44. The van der Waals surface area contributed by atoms with Crippen LogP contribution >= 0.6 is 0 Å². The summed E-state index contributed by atoms with van der Waals surface area (Å²) in [5.41, 5.74) is 3.87. The molecular formula is C24H23N3O3. The number of hydrogen-bond donors (Lipinski definition) is 2. The maximum Gasteiger partial charge on any atom is 0.246 e. The Labute approximate surface area is 176 Å². The predicted molar refractivity (Wildman–Crippen MR) is 118 cm³/mol. The van der Waals surface area contributed by atoms with Crippen molar-refractivity contribution in [3.05, 3.63) is 72.3 Å². The smallest absolute Gasteiger partial charge is 0.246 e. The van der Waals surface area contributed by atoms with Gasteiger partial charge in [-0.25, -0.2) is 0 Å². The van der Waals surface area contributed by atoms with E-state index in [-0.39, 0.29) is 5.91 Å². The zero-order valence-electron chi connectivity index (χ0n) is 17.1. The summed E-state index contributed by atoms with van der Waals surface area (Å²) in [6.45, 7) is 1.79. The van der Waals surface area contributed by atoms with Gasteiger partial charge in [0.1, 0.15) is 17.5 Å². The van der Waals surface area contributed by atoms with Crippen molar-refractivity contribution in [2.24, 2.45) is 0 Å². The molecule has 0 unspecified atom stereocenters. The first-order chi connectivity index (χ1) is 14.5. The summed E-state index contributed by atoms with van der Waals surface area (Å²) in [5, 5.41) is 14.9. The van der Waals surface area contributed by atoms with E-state index in [0.29, 0.717) is 11.3 Å². The SMILES string of the molecule is COc1ccc(-c2cc(N[C@@H](C)C(=O)Nc3ccc(C#N)cc3)ccc2OC)cc1. The van der Waals surface area contributed by atoms with Gasteiger partial charge in [0.05, 0.1) is 25.9 Å². The van der Waals surface area contributed by atoms with Gasteiger partial charge in [-0.05, 0) is 67.1 Å². The molecule has 1 atom stereocenters. The summed E-state index contributed by atoms with van der Waals surface area (Å²) in [5.74, 6) is 1.34. The number of ether oxygens (including phenoxy) is 2.